The molecule has 0 radical (unpaired) electrons. The molecular formula is C16H27N3S. The Hall–Kier alpha value is -0.610. The molecule has 1 aromatic rings. The maximum Gasteiger partial charge on any atom is 0.186 e. The van der Waals surface area contributed by atoms with Crippen LogP contribution in [-0.4, -0.2) is 24.1 Å². The first kappa shape index (κ1) is 14.3. The van der Waals surface area contributed by atoms with Crippen molar-refractivity contribution in [2.24, 2.45) is 0 Å². The molecule has 0 amide bonds. The predicted octanol–water partition coefficient (Wildman–Crippen LogP) is 3.90. The van der Waals surface area contributed by atoms with Crippen LogP contribution in [0.15, 0.2) is 0 Å². The van der Waals surface area contributed by atoms with Crippen LogP contribution in [0.2, 0.25) is 0 Å². The van der Waals surface area contributed by atoms with E-state index in [0.29, 0.717) is 12.1 Å². The smallest absolute Gasteiger partial charge is 0.186 e. The first-order chi connectivity index (χ1) is 9.83. The molecule has 0 saturated carbocycles. The van der Waals surface area contributed by atoms with Gasteiger partial charge >= 0.3 is 0 Å². The molecule has 2 heterocycles. The molecule has 20 heavy (non-hydrogen) atoms. The van der Waals surface area contributed by atoms with Crippen molar-refractivity contribution in [2.45, 2.75) is 70.9 Å². The van der Waals surface area contributed by atoms with Gasteiger partial charge < -0.3 is 10.2 Å². The van der Waals surface area contributed by atoms with Crippen LogP contribution in [0.5, 0.6) is 0 Å². The number of aromatic nitrogens is 1. The van der Waals surface area contributed by atoms with E-state index >= 15 is 0 Å². The Bertz CT molecular complexity index is 443. The van der Waals surface area contributed by atoms with E-state index in [1.54, 1.807) is 0 Å². The number of nitrogens with one attached hydrogen (secondary N) is 1. The second-order valence-electron chi connectivity index (χ2n) is 6.06. The van der Waals surface area contributed by atoms with E-state index in [4.69, 9.17) is 4.98 Å². The maximum absolute atomic E-state index is 5.01. The molecular weight excluding hydrogens is 266 g/mol. The molecule has 0 aromatic carbocycles. The van der Waals surface area contributed by atoms with Crippen molar-refractivity contribution in [3.8, 4) is 0 Å². The van der Waals surface area contributed by atoms with Gasteiger partial charge in [-0.3, -0.25) is 0 Å². The summed E-state index contributed by atoms with van der Waals surface area (Å²) >= 11 is 1.96. The Kier molecular flexibility index (Phi) is 4.61. The minimum Gasteiger partial charge on any atom is -0.345 e. The van der Waals surface area contributed by atoms with E-state index in [1.807, 2.05) is 11.3 Å². The Morgan fingerprint density at radius 3 is 2.95 bits per heavy atom. The summed E-state index contributed by atoms with van der Waals surface area (Å²) in [4.78, 5) is 9.12. The lowest BCUT2D eigenvalue weighted by Gasteiger charge is -2.35. The largest absolute Gasteiger partial charge is 0.345 e. The summed E-state index contributed by atoms with van der Waals surface area (Å²) in [5.41, 5.74) is 1.38. The third-order valence-electron chi connectivity index (χ3n) is 4.73. The van der Waals surface area contributed by atoms with Crippen molar-refractivity contribution < 1.29 is 0 Å². The van der Waals surface area contributed by atoms with Crippen LogP contribution < -0.4 is 10.2 Å². The molecule has 2 atom stereocenters. The van der Waals surface area contributed by atoms with Crippen LogP contribution in [0, 0.1) is 0 Å². The molecule has 1 aliphatic heterocycles. The fourth-order valence-electron chi connectivity index (χ4n) is 3.65. The molecule has 3 rings (SSSR count). The first-order valence-electron chi connectivity index (χ1n) is 8.33. The summed E-state index contributed by atoms with van der Waals surface area (Å²) in [5, 5.41) is 4.93. The average molecular weight is 293 g/mol. The van der Waals surface area contributed by atoms with E-state index < -0.39 is 0 Å². The van der Waals surface area contributed by atoms with Gasteiger partial charge in [0.05, 0.1) is 5.69 Å². The van der Waals surface area contributed by atoms with Gasteiger partial charge in [0.2, 0.25) is 0 Å². The van der Waals surface area contributed by atoms with E-state index in [-0.39, 0.29) is 0 Å². The second-order valence-corrected chi connectivity index (χ2v) is 7.07. The normalized spacial score (nSPS) is 26.6. The fraction of sp³-hybridized carbons (Fsp3) is 0.812. The van der Waals surface area contributed by atoms with E-state index in [2.05, 4.69) is 24.1 Å². The monoisotopic (exact) mass is 293 g/mol. The molecule has 1 aromatic heterocycles. The van der Waals surface area contributed by atoms with Gasteiger partial charge in [0, 0.05) is 23.5 Å². The average Bonchev–Trinajstić information content (AvgIpc) is 2.92. The maximum atomic E-state index is 5.01. The zero-order valence-electron chi connectivity index (χ0n) is 12.8. The Balaban J connectivity index is 1.84. The molecule has 0 spiro atoms. The third kappa shape index (κ3) is 2.73. The Morgan fingerprint density at radius 2 is 2.15 bits per heavy atom. The highest BCUT2D eigenvalue weighted by atomic mass is 32.1. The molecule has 1 saturated heterocycles. The zero-order valence-corrected chi connectivity index (χ0v) is 13.6. The molecule has 2 aliphatic rings. The van der Waals surface area contributed by atoms with Crippen LogP contribution in [0.4, 0.5) is 5.13 Å². The van der Waals surface area contributed by atoms with Gasteiger partial charge in [0.25, 0.3) is 0 Å². The first-order valence-corrected chi connectivity index (χ1v) is 9.14. The van der Waals surface area contributed by atoms with Gasteiger partial charge in [-0.15, -0.1) is 0 Å². The number of hydrogen-bond donors (Lipinski definition) is 1. The molecule has 1 aliphatic carbocycles. The van der Waals surface area contributed by atoms with Crippen LogP contribution in [0.1, 0.15) is 69.0 Å². The highest BCUT2D eigenvalue weighted by molar-refractivity contribution is 7.15. The van der Waals surface area contributed by atoms with E-state index in [1.165, 1.54) is 67.2 Å². The molecule has 1 N–H and O–H groups in total. The number of aryl methyl sites for hydroxylation is 1. The number of thiazole rings is 1. The summed E-state index contributed by atoms with van der Waals surface area (Å²) in [5.74, 6) is 0. The predicted molar refractivity (Wildman–Crippen MR) is 86.7 cm³/mol. The van der Waals surface area contributed by atoms with Crippen molar-refractivity contribution in [1.82, 2.24) is 10.3 Å². The number of nitrogens with zero attached hydrogens (tertiary/aromatic N) is 2. The van der Waals surface area contributed by atoms with Gasteiger partial charge in [-0.05, 0) is 51.5 Å². The minimum absolute atomic E-state index is 0.555. The van der Waals surface area contributed by atoms with Gasteiger partial charge in [-0.1, -0.05) is 25.2 Å². The Labute approximate surface area is 126 Å². The summed E-state index contributed by atoms with van der Waals surface area (Å²) in [6.45, 7) is 6.78. The van der Waals surface area contributed by atoms with Gasteiger partial charge in [-0.2, -0.15) is 0 Å². The lowest BCUT2D eigenvalue weighted by atomic mass is 9.98. The van der Waals surface area contributed by atoms with Crippen molar-refractivity contribution in [3.05, 3.63) is 10.6 Å². The number of piperidine rings is 1. The second kappa shape index (κ2) is 6.44. The minimum atomic E-state index is 0.555. The van der Waals surface area contributed by atoms with Gasteiger partial charge in [0.1, 0.15) is 0 Å². The van der Waals surface area contributed by atoms with E-state index in [0.717, 1.165) is 6.54 Å². The van der Waals surface area contributed by atoms with Crippen molar-refractivity contribution in [2.75, 3.05) is 18.0 Å². The molecule has 0 bridgehead atoms. The van der Waals surface area contributed by atoms with Crippen LogP contribution >= 0.6 is 11.3 Å². The summed E-state index contributed by atoms with van der Waals surface area (Å²) in [7, 11) is 0. The molecule has 2 unspecified atom stereocenters. The fourth-order valence-corrected chi connectivity index (χ4v) is 4.97. The van der Waals surface area contributed by atoms with Crippen molar-refractivity contribution in [1.29, 1.82) is 0 Å². The highest BCUT2D eigenvalue weighted by Gasteiger charge is 2.28. The molecule has 4 heteroatoms. The van der Waals surface area contributed by atoms with Crippen LogP contribution in [-0.2, 0) is 6.42 Å². The number of fused-ring (bicyclic) bond motifs is 1. The van der Waals surface area contributed by atoms with Crippen LogP contribution in [0.25, 0.3) is 0 Å². The zero-order chi connectivity index (χ0) is 13.9. The lowest BCUT2D eigenvalue weighted by Crippen LogP contribution is -2.39. The number of rotatable bonds is 4. The topological polar surface area (TPSA) is 28.2 Å². The summed E-state index contributed by atoms with van der Waals surface area (Å²) in [6.07, 6.45) is 9.05. The number of hydrogen-bond acceptors (Lipinski definition) is 4. The van der Waals surface area contributed by atoms with Gasteiger partial charge in [-0.25, -0.2) is 4.98 Å². The lowest BCUT2D eigenvalue weighted by molar-refractivity contribution is 0.448. The molecule has 112 valence electrons. The summed E-state index contributed by atoms with van der Waals surface area (Å²) in [6, 6.07) is 1.27. The summed E-state index contributed by atoms with van der Waals surface area (Å²) < 4.78 is 0. The highest BCUT2D eigenvalue weighted by Crippen LogP contribution is 2.39. The van der Waals surface area contributed by atoms with Crippen LogP contribution in [0.3, 0.4) is 0 Å². The Morgan fingerprint density at radius 1 is 1.25 bits per heavy atom. The van der Waals surface area contributed by atoms with Gasteiger partial charge in [0.15, 0.2) is 5.13 Å². The van der Waals surface area contributed by atoms with E-state index in [9.17, 15) is 0 Å². The standard InChI is InChI=1S/C16H27N3S/c1-3-12-8-5-6-11-19(12)16-18-14-10-7-9-13(17-4-2)15(14)20-16/h12-13,17H,3-11H2,1-2H3. The molecule has 3 nitrogen and oxygen atoms in total. The van der Waals surface area contributed by atoms with Crippen molar-refractivity contribution >= 4 is 16.5 Å². The third-order valence-corrected chi connectivity index (χ3v) is 5.98. The quantitative estimate of drug-likeness (QED) is 0.912. The molecule has 1 fully saturated rings. The number of anilines is 1. The van der Waals surface area contributed by atoms with Crippen molar-refractivity contribution in [3.63, 3.8) is 0 Å². The SMILES string of the molecule is CCNC1CCCc2nc(N3CCCCC3CC)sc21.